The highest BCUT2D eigenvalue weighted by atomic mass is 16.6. The molecule has 1 atom stereocenters. The van der Waals surface area contributed by atoms with Crippen molar-refractivity contribution in [2.24, 2.45) is 0 Å². The average Bonchev–Trinajstić information content (AvgIpc) is 2.89. The van der Waals surface area contributed by atoms with E-state index in [-0.39, 0.29) is 6.09 Å². The quantitative estimate of drug-likeness (QED) is 0.854. The van der Waals surface area contributed by atoms with E-state index in [1.807, 2.05) is 31.7 Å². The largest absolute Gasteiger partial charge is 0.444 e. The molecule has 1 saturated heterocycles. The number of H-pyrrole nitrogens is 1. The maximum Gasteiger partial charge on any atom is 0.410 e. The molecule has 118 valence electrons. The minimum absolute atomic E-state index is 0.197. The van der Waals surface area contributed by atoms with Crippen LogP contribution in [-0.2, 0) is 4.74 Å². The standard InChI is InChI=1S/C18H24N2O2/c1-18(2,3)22-17(21)20-10-6-7-13(12-20)15-11-19-16-9-5-4-8-14(15)16/h4-5,8-9,11,13,19H,6-7,10,12H2,1-3H3/t13-/m1/s1. The van der Waals surface area contributed by atoms with E-state index in [1.165, 1.54) is 10.9 Å². The fourth-order valence-electron chi connectivity index (χ4n) is 3.16. The summed E-state index contributed by atoms with van der Waals surface area (Å²) in [5, 5.41) is 1.26. The molecule has 1 amide bonds. The SMILES string of the molecule is CC(C)(C)OC(=O)N1CCC[C@@H](c2c[nH]c3ccccc23)C1. The maximum atomic E-state index is 12.3. The molecule has 4 nitrogen and oxygen atoms in total. The summed E-state index contributed by atoms with van der Waals surface area (Å²) in [6.45, 7) is 7.24. The molecule has 1 aromatic carbocycles. The number of likely N-dealkylation sites (tertiary alicyclic amines) is 1. The Morgan fingerprint density at radius 3 is 2.86 bits per heavy atom. The fraction of sp³-hybridized carbons (Fsp3) is 0.500. The lowest BCUT2D eigenvalue weighted by Crippen LogP contribution is -2.42. The number of piperidine rings is 1. The Hall–Kier alpha value is -1.97. The number of nitrogens with zero attached hydrogens (tertiary/aromatic N) is 1. The molecule has 0 bridgehead atoms. The van der Waals surface area contributed by atoms with Crippen LogP contribution in [0.4, 0.5) is 4.79 Å². The molecule has 1 aliphatic heterocycles. The number of hydrogen-bond acceptors (Lipinski definition) is 2. The molecular weight excluding hydrogens is 276 g/mol. The summed E-state index contributed by atoms with van der Waals surface area (Å²) in [5.41, 5.74) is 2.03. The molecule has 0 spiro atoms. The molecule has 0 saturated carbocycles. The van der Waals surface area contributed by atoms with E-state index in [0.29, 0.717) is 5.92 Å². The van der Waals surface area contributed by atoms with Crippen LogP contribution in [0.15, 0.2) is 30.5 Å². The number of para-hydroxylation sites is 1. The molecule has 2 aromatic rings. The van der Waals surface area contributed by atoms with Gasteiger partial charge in [0, 0.05) is 36.1 Å². The third-order valence-corrected chi connectivity index (χ3v) is 4.13. The zero-order valence-corrected chi connectivity index (χ0v) is 13.6. The maximum absolute atomic E-state index is 12.3. The van der Waals surface area contributed by atoms with Crippen molar-refractivity contribution in [2.75, 3.05) is 13.1 Å². The molecule has 3 rings (SSSR count). The molecule has 0 aliphatic carbocycles. The number of benzene rings is 1. The smallest absolute Gasteiger partial charge is 0.410 e. The Kier molecular flexibility index (Phi) is 3.85. The number of ether oxygens (including phenoxy) is 1. The first-order chi connectivity index (χ1) is 10.4. The molecule has 1 aromatic heterocycles. The molecule has 22 heavy (non-hydrogen) atoms. The van der Waals surface area contributed by atoms with Crippen LogP contribution in [0.1, 0.15) is 45.1 Å². The second-order valence-electron chi connectivity index (χ2n) is 7.06. The number of aromatic amines is 1. The number of amides is 1. The van der Waals surface area contributed by atoms with Gasteiger partial charge in [-0.25, -0.2) is 4.79 Å². The predicted octanol–water partition coefficient (Wildman–Crippen LogP) is 4.28. The highest BCUT2D eigenvalue weighted by molar-refractivity contribution is 5.83. The van der Waals surface area contributed by atoms with Crippen LogP contribution in [0.2, 0.25) is 0 Å². The van der Waals surface area contributed by atoms with Crippen LogP contribution in [0.25, 0.3) is 10.9 Å². The summed E-state index contributed by atoms with van der Waals surface area (Å²) in [7, 11) is 0. The van der Waals surface area contributed by atoms with E-state index in [2.05, 4.69) is 29.4 Å². The van der Waals surface area contributed by atoms with Gasteiger partial charge >= 0.3 is 6.09 Å². The Balaban J connectivity index is 1.77. The number of fused-ring (bicyclic) bond motifs is 1. The minimum Gasteiger partial charge on any atom is -0.444 e. The topological polar surface area (TPSA) is 45.3 Å². The van der Waals surface area contributed by atoms with E-state index < -0.39 is 5.60 Å². The normalized spacial score (nSPS) is 19.4. The second kappa shape index (κ2) is 5.67. The third-order valence-electron chi connectivity index (χ3n) is 4.13. The highest BCUT2D eigenvalue weighted by Crippen LogP contribution is 2.32. The predicted molar refractivity (Wildman–Crippen MR) is 88.1 cm³/mol. The summed E-state index contributed by atoms with van der Waals surface area (Å²) in [4.78, 5) is 17.5. The van der Waals surface area contributed by atoms with Gasteiger partial charge in [0.1, 0.15) is 5.60 Å². The van der Waals surface area contributed by atoms with E-state index >= 15 is 0 Å². The van der Waals surface area contributed by atoms with Crippen LogP contribution in [0, 0.1) is 0 Å². The van der Waals surface area contributed by atoms with Gasteiger partial charge in [-0.2, -0.15) is 0 Å². The van der Waals surface area contributed by atoms with Gasteiger partial charge in [0.2, 0.25) is 0 Å². The Labute approximate surface area is 131 Å². The van der Waals surface area contributed by atoms with Crippen molar-refractivity contribution in [3.8, 4) is 0 Å². The highest BCUT2D eigenvalue weighted by Gasteiger charge is 2.29. The van der Waals surface area contributed by atoms with Gasteiger partial charge in [-0.05, 0) is 45.2 Å². The van der Waals surface area contributed by atoms with Crippen molar-refractivity contribution < 1.29 is 9.53 Å². The molecule has 2 heterocycles. The van der Waals surface area contributed by atoms with Crippen LogP contribution in [0.3, 0.4) is 0 Å². The van der Waals surface area contributed by atoms with Crippen LogP contribution >= 0.6 is 0 Å². The first kappa shape index (κ1) is 14.9. The van der Waals surface area contributed by atoms with Crippen LogP contribution in [0.5, 0.6) is 0 Å². The number of carbonyl (C=O) groups is 1. The first-order valence-corrected chi connectivity index (χ1v) is 7.98. The van der Waals surface area contributed by atoms with E-state index in [4.69, 9.17) is 4.74 Å². The van der Waals surface area contributed by atoms with Crippen molar-refractivity contribution in [3.63, 3.8) is 0 Å². The number of rotatable bonds is 1. The van der Waals surface area contributed by atoms with Crippen molar-refractivity contribution in [3.05, 3.63) is 36.0 Å². The minimum atomic E-state index is -0.440. The number of nitrogens with one attached hydrogen (secondary N) is 1. The van der Waals surface area contributed by atoms with Gasteiger partial charge in [0.15, 0.2) is 0 Å². The zero-order valence-electron chi connectivity index (χ0n) is 13.6. The Morgan fingerprint density at radius 2 is 2.09 bits per heavy atom. The monoisotopic (exact) mass is 300 g/mol. The summed E-state index contributed by atoms with van der Waals surface area (Å²) in [6.07, 6.45) is 4.02. The fourth-order valence-corrected chi connectivity index (χ4v) is 3.16. The molecule has 0 radical (unpaired) electrons. The molecule has 1 N–H and O–H groups in total. The molecule has 0 unspecified atom stereocenters. The molecule has 1 fully saturated rings. The summed E-state index contributed by atoms with van der Waals surface area (Å²) < 4.78 is 5.51. The lowest BCUT2D eigenvalue weighted by Gasteiger charge is -2.34. The summed E-state index contributed by atoms with van der Waals surface area (Å²) >= 11 is 0. The lowest BCUT2D eigenvalue weighted by atomic mass is 9.90. The number of aromatic nitrogens is 1. The van der Waals surface area contributed by atoms with Crippen LogP contribution in [-0.4, -0.2) is 34.7 Å². The summed E-state index contributed by atoms with van der Waals surface area (Å²) in [6, 6.07) is 8.34. The van der Waals surface area contributed by atoms with Gasteiger partial charge in [0.25, 0.3) is 0 Å². The van der Waals surface area contributed by atoms with Gasteiger partial charge in [-0.3, -0.25) is 0 Å². The zero-order chi connectivity index (χ0) is 15.7. The average molecular weight is 300 g/mol. The van der Waals surface area contributed by atoms with E-state index in [0.717, 1.165) is 31.4 Å². The molecule has 1 aliphatic rings. The summed E-state index contributed by atoms with van der Waals surface area (Å²) in [5.74, 6) is 0.373. The van der Waals surface area contributed by atoms with Crippen molar-refractivity contribution in [2.45, 2.75) is 45.1 Å². The molecular formula is C18H24N2O2. The number of hydrogen-bond donors (Lipinski definition) is 1. The van der Waals surface area contributed by atoms with Crippen molar-refractivity contribution >= 4 is 17.0 Å². The first-order valence-electron chi connectivity index (χ1n) is 7.98. The van der Waals surface area contributed by atoms with Crippen molar-refractivity contribution in [1.29, 1.82) is 0 Å². The van der Waals surface area contributed by atoms with Gasteiger partial charge in [0.05, 0.1) is 0 Å². The Bertz CT molecular complexity index is 669. The van der Waals surface area contributed by atoms with Gasteiger partial charge in [-0.1, -0.05) is 18.2 Å². The van der Waals surface area contributed by atoms with E-state index in [1.54, 1.807) is 0 Å². The van der Waals surface area contributed by atoms with E-state index in [9.17, 15) is 4.79 Å². The Morgan fingerprint density at radius 1 is 1.32 bits per heavy atom. The molecule has 4 heteroatoms. The van der Waals surface area contributed by atoms with Crippen LogP contribution < -0.4 is 0 Å². The van der Waals surface area contributed by atoms with Gasteiger partial charge < -0.3 is 14.6 Å². The third kappa shape index (κ3) is 3.11. The second-order valence-corrected chi connectivity index (χ2v) is 7.06. The van der Waals surface area contributed by atoms with Gasteiger partial charge in [-0.15, -0.1) is 0 Å². The number of carbonyl (C=O) groups excluding carboxylic acids is 1. The lowest BCUT2D eigenvalue weighted by molar-refractivity contribution is 0.0198. The van der Waals surface area contributed by atoms with Crippen molar-refractivity contribution in [1.82, 2.24) is 9.88 Å².